The summed E-state index contributed by atoms with van der Waals surface area (Å²) >= 11 is 3.45. The zero-order chi connectivity index (χ0) is 17.6. The lowest BCUT2D eigenvalue weighted by atomic mass is 10.2. The van der Waals surface area contributed by atoms with E-state index in [9.17, 15) is 0 Å². The summed E-state index contributed by atoms with van der Waals surface area (Å²) in [5.41, 5.74) is 2.26. The van der Waals surface area contributed by atoms with Gasteiger partial charge in [0.1, 0.15) is 17.5 Å². The SMILES string of the molecule is Cc1nc(Nc2ccc(Br)cc2)cc(N(C)CCc2ccncc2)n1. The largest absolute Gasteiger partial charge is 0.359 e. The van der Waals surface area contributed by atoms with E-state index in [2.05, 4.69) is 41.1 Å². The molecule has 0 radical (unpaired) electrons. The van der Waals surface area contributed by atoms with Crippen LogP contribution in [-0.4, -0.2) is 28.5 Å². The number of nitrogens with one attached hydrogen (secondary N) is 1. The molecule has 0 aliphatic heterocycles. The fourth-order valence-electron chi connectivity index (χ4n) is 2.45. The second kappa shape index (κ2) is 8.07. The first-order chi connectivity index (χ1) is 12.1. The van der Waals surface area contributed by atoms with Crippen LogP contribution < -0.4 is 10.2 Å². The number of likely N-dealkylation sites (N-methyl/N-ethyl adjacent to an activating group) is 1. The predicted octanol–water partition coefficient (Wildman–Crippen LogP) is 4.37. The highest BCUT2D eigenvalue weighted by Crippen LogP contribution is 2.21. The van der Waals surface area contributed by atoms with Crippen molar-refractivity contribution in [2.45, 2.75) is 13.3 Å². The molecule has 6 heteroatoms. The zero-order valence-electron chi connectivity index (χ0n) is 14.3. The van der Waals surface area contributed by atoms with Crippen molar-refractivity contribution in [3.63, 3.8) is 0 Å². The average molecular weight is 398 g/mol. The summed E-state index contributed by atoms with van der Waals surface area (Å²) in [7, 11) is 2.05. The van der Waals surface area contributed by atoms with E-state index in [-0.39, 0.29) is 0 Å². The molecule has 5 nitrogen and oxygen atoms in total. The van der Waals surface area contributed by atoms with E-state index in [1.165, 1.54) is 5.56 Å². The molecule has 128 valence electrons. The van der Waals surface area contributed by atoms with Crippen LogP contribution in [0.25, 0.3) is 0 Å². The van der Waals surface area contributed by atoms with Gasteiger partial charge in [-0.15, -0.1) is 0 Å². The van der Waals surface area contributed by atoms with E-state index in [1.54, 1.807) is 0 Å². The van der Waals surface area contributed by atoms with Crippen LogP contribution in [0.1, 0.15) is 11.4 Å². The first-order valence-electron chi connectivity index (χ1n) is 8.08. The summed E-state index contributed by atoms with van der Waals surface area (Å²) in [6.07, 6.45) is 4.59. The van der Waals surface area contributed by atoms with Crippen molar-refractivity contribution in [2.75, 3.05) is 23.8 Å². The van der Waals surface area contributed by atoms with Crippen molar-refractivity contribution in [3.8, 4) is 0 Å². The minimum absolute atomic E-state index is 0.743. The van der Waals surface area contributed by atoms with Gasteiger partial charge in [0.25, 0.3) is 0 Å². The molecular formula is C19H20BrN5. The molecule has 25 heavy (non-hydrogen) atoms. The van der Waals surface area contributed by atoms with Gasteiger partial charge < -0.3 is 10.2 Å². The van der Waals surface area contributed by atoms with Gasteiger partial charge in [0, 0.05) is 42.2 Å². The molecule has 0 fully saturated rings. The minimum Gasteiger partial charge on any atom is -0.359 e. The molecule has 0 saturated heterocycles. The monoisotopic (exact) mass is 397 g/mol. The molecule has 0 unspecified atom stereocenters. The van der Waals surface area contributed by atoms with E-state index in [0.29, 0.717) is 0 Å². The Balaban J connectivity index is 1.70. The van der Waals surface area contributed by atoms with Crippen LogP contribution in [0, 0.1) is 6.92 Å². The van der Waals surface area contributed by atoms with Crippen LogP contribution in [-0.2, 0) is 6.42 Å². The summed E-state index contributed by atoms with van der Waals surface area (Å²) in [4.78, 5) is 15.2. The highest BCUT2D eigenvalue weighted by atomic mass is 79.9. The molecule has 0 spiro atoms. The third-order valence-corrected chi connectivity index (χ3v) is 4.35. The van der Waals surface area contributed by atoms with Crippen LogP contribution in [0.5, 0.6) is 0 Å². The molecule has 1 aromatic carbocycles. The van der Waals surface area contributed by atoms with Gasteiger partial charge in [-0.1, -0.05) is 15.9 Å². The lowest BCUT2D eigenvalue weighted by Crippen LogP contribution is -2.22. The van der Waals surface area contributed by atoms with E-state index >= 15 is 0 Å². The summed E-state index contributed by atoms with van der Waals surface area (Å²) in [6.45, 7) is 2.78. The highest BCUT2D eigenvalue weighted by molar-refractivity contribution is 9.10. The van der Waals surface area contributed by atoms with Gasteiger partial charge >= 0.3 is 0 Å². The molecule has 3 rings (SSSR count). The molecule has 2 heterocycles. The Morgan fingerprint density at radius 3 is 2.48 bits per heavy atom. The standard InChI is InChI=1S/C19H20BrN5/c1-14-22-18(24-17-5-3-16(20)4-6-17)13-19(23-14)25(2)12-9-15-7-10-21-11-8-15/h3-8,10-11,13H,9,12H2,1-2H3,(H,22,23,24). The smallest absolute Gasteiger partial charge is 0.136 e. The summed E-state index contributed by atoms with van der Waals surface area (Å²) in [6, 6.07) is 14.1. The zero-order valence-corrected chi connectivity index (χ0v) is 15.9. The lowest BCUT2D eigenvalue weighted by molar-refractivity contribution is 0.848. The topological polar surface area (TPSA) is 53.9 Å². The number of benzene rings is 1. The molecule has 3 aromatic rings. The number of halogens is 1. The number of aromatic nitrogens is 3. The maximum Gasteiger partial charge on any atom is 0.136 e. The van der Waals surface area contributed by atoms with Crippen LogP contribution in [0.2, 0.25) is 0 Å². The van der Waals surface area contributed by atoms with Gasteiger partial charge in [0.15, 0.2) is 0 Å². The quantitative estimate of drug-likeness (QED) is 0.669. The minimum atomic E-state index is 0.743. The van der Waals surface area contributed by atoms with Crippen molar-refractivity contribution in [3.05, 3.63) is 70.7 Å². The molecule has 0 bridgehead atoms. The Labute approximate surface area is 156 Å². The number of pyridine rings is 1. The van der Waals surface area contributed by atoms with E-state index < -0.39 is 0 Å². The van der Waals surface area contributed by atoms with Crippen molar-refractivity contribution < 1.29 is 0 Å². The molecule has 2 aromatic heterocycles. The fraction of sp³-hybridized carbons (Fsp3) is 0.211. The number of rotatable bonds is 6. The van der Waals surface area contributed by atoms with Gasteiger partial charge in [0.05, 0.1) is 0 Å². The van der Waals surface area contributed by atoms with Gasteiger partial charge in [0.2, 0.25) is 0 Å². The molecule has 0 aliphatic carbocycles. The van der Waals surface area contributed by atoms with Crippen LogP contribution in [0.3, 0.4) is 0 Å². The normalized spacial score (nSPS) is 10.5. The Bertz CT molecular complexity index is 821. The van der Waals surface area contributed by atoms with Gasteiger partial charge in [-0.25, -0.2) is 9.97 Å². The second-order valence-corrected chi connectivity index (χ2v) is 6.73. The number of nitrogens with zero attached hydrogens (tertiary/aromatic N) is 4. The average Bonchev–Trinajstić information content (AvgIpc) is 2.62. The van der Waals surface area contributed by atoms with E-state index in [0.717, 1.165) is 40.6 Å². The van der Waals surface area contributed by atoms with Gasteiger partial charge in [-0.3, -0.25) is 4.98 Å². The maximum atomic E-state index is 4.56. The summed E-state index contributed by atoms with van der Waals surface area (Å²) < 4.78 is 1.05. The van der Waals surface area contributed by atoms with Gasteiger partial charge in [-0.05, 0) is 55.3 Å². The van der Waals surface area contributed by atoms with Crippen LogP contribution >= 0.6 is 15.9 Å². The highest BCUT2D eigenvalue weighted by Gasteiger charge is 2.07. The number of aryl methyl sites for hydroxylation is 1. The number of hydrogen-bond donors (Lipinski definition) is 1. The number of hydrogen-bond acceptors (Lipinski definition) is 5. The third kappa shape index (κ3) is 5.00. The van der Waals surface area contributed by atoms with Crippen molar-refractivity contribution >= 4 is 33.3 Å². The van der Waals surface area contributed by atoms with E-state index in [4.69, 9.17) is 0 Å². The van der Waals surface area contributed by atoms with E-state index in [1.807, 2.05) is 68.8 Å². The summed E-state index contributed by atoms with van der Waals surface area (Å²) in [5, 5.41) is 3.33. The second-order valence-electron chi connectivity index (χ2n) is 5.82. The van der Waals surface area contributed by atoms with Gasteiger partial charge in [-0.2, -0.15) is 0 Å². The molecule has 0 atom stereocenters. The molecular weight excluding hydrogens is 378 g/mol. The summed E-state index contributed by atoms with van der Waals surface area (Å²) in [5.74, 6) is 2.44. The molecule has 0 aliphatic rings. The van der Waals surface area contributed by atoms with Crippen LogP contribution in [0.4, 0.5) is 17.3 Å². The van der Waals surface area contributed by atoms with Crippen molar-refractivity contribution in [1.29, 1.82) is 0 Å². The Kier molecular flexibility index (Phi) is 5.60. The molecule has 0 amide bonds. The lowest BCUT2D eigenvalue weighted by Gasteiger charge is -2.19. The first-order valence-corrected chi connectivity index (χ1v) is 8.88. The third-order valence-electron chi connectivity index (χ3n) is 3.82. The number of anilines is 3. The Hall–Kier alpha value is -2.47. The fourth-order valence-corrected chi connectivity index (χ4v) is 2.72. The van der Waals surface area contributed by atoms with Crippen molar-refractivity contribution in [2.24, 2.45) is 0 Å². The molecule has 0 saturated carbocycles. The van der Waals surface area contributed by atoms with Crippen LogP contribution in [0.15, 0.2) is 59.3 Å². The Morgan fingerprint density at radius 2 is 1.76 bits per heavy atom. The maximum absolute atomic E-state index is 4.56. The van der Waals surface area contributed by atoms with Crippen molar-refractivity contribution in [1.82, 2.24) is 15.0 Å². The first kappa shape index (κ1) is 17.4. The molecule has 1 N–H and O–H groups in total. The predicted molar refractivity (Wildman–Crippen MR) is 105 cm³/mol. The Morgan fingerprint density at radius 1 is 1.04 bits per heavy atom.